The van der Waals surface area contributed by atoms with E-state index in [2.05, 4.69) is 9.47 Å². The number of hydrogen-bond donors (Lipinski definition) is 0. The van der Waals surface area contributed by atoms with Crippen LogP contribution in [0.2, 0.25) is 0 Å². The minimum absolute atomic E-state index is 0.0382. The Hall–Kier alpha value is -1.26. The third-order valence-corrected chi connectivity index (χ3v) is 2.13. The molecule has 0 saturated carbocycles. The zero-order valence-corrected chi connectivity index (χ0v) is 9.02. The van der Waals surface area contributed by atoms with E-state index in [0.29, 0.717) is 13.0 Å². The summed E-state index contributed by atoms with van der Waals surface area (Å²) in [6.07, 6.45) is 2.00. The maximum Gasteiger partial charge on any atom is 0.508 e. The third kappa shape index (κ3) is 4.67. The van der Waals surface area contributed by atoms with Gasteiger partial charge in [0.1, 0.15) is 6.10 Å². The van der Waals surface area contributed by atoms with Crippen LogP contribution in [0, 0.1) is 0 Å². The molecule has 0 aromatic rings. The van der Waals surface area contributed by atoms with Crippen molar-refractivity contribution in [3.8, 4) is 0 Å². The van der Waals surface area contributed by atoms with E-state index in [-0.39, 0.29) is 18.2 Å². The van der Waals surface area contributed by atoms with E-state index in [4.69, 9.17) is 4.74 Å². The van der Waals surface area contributed by atoms with Gasteiger partial charge in [-0.2, -0.15) is 0 Å². The first-order chi connectivity index (χ1) is 7.08. The van der Waals surface area contributed by atoms with E-state index in [1.807, 2.05) is 13.8 Å². The number of rotatable bonds is 0. The van der Waals surface area contributed by atoms with Gasteiger partial charge < -0.3 is 14.2 Å². The van der Waals surface area contributed by atoms with Gasteiger partial charge in [0.05, 0.1) is 12.7 Å². The van der Waals surface area contributed by atoms with Gasteiger partial charge in [0.25, 0.3) is 0 Å². The van der Waals surface area contributed by atoms with Crippen LogP contribution in [-0.2, 0) is 19.0 Å². The molecule has 2 unspecified atom stereocenters. The van der Waals surface area contributed by atoms with Crippen molar-refractivity contribution in [3.05, 3.63) is 0 Å². The third-order valence-electron chi connectivity index (χ3n) is 2.13. The van der Waals surface area contributed by atoms with Gasteiger partial charge in [0.15, 0.2) is 0 Å². The van der Waals surface area contributed by atoms with Crippen LogP contribution in [0.15, 0.2) is 0 Å². The molecule has 2 aliphatic rings. The average Bonchev–Trinajstić information content (AvgIpc) is 2.50. The van der Waals surface area contributed by atoms with Crippen molar-refractivity contribution in [1.82, 2.24) is 0 Å². The second-order valence-corrected chi connectivity index (χ2v) is 3.65. The molecule has 0 aliphatic carbocycles. The summed E-state index contributed by atoms with van der Waals surface area (Å²) in [5.41, 5.74) is 0. The van der Waals surface area contributed by atoms with Gasteiger partial charge in [0.2, 0.25) is 0 Å². The zero-order chi connectivity index (χ0) is 11.3. The van der Waals surface area contributed by atoms with Gasteiger partial charge in [-0.3, -0.25) is 4.79 Å². The molecule has 2 aliphatic heterocycles. The first-order valence-electron chi connectivity index (χ1n) is 5.11. The van der Waals surface area contributed by atoms with Crippen molar-refractivity contribution in [2.24, 2.45) is 0 Å². The van der Waals surface area contributed by atoms with Crippen molar-refractivity contribution in [2.45, 2.75) is 45.3 Å². The highest BCUT2D eigenvalue weighted by molar-refractivity contribution is 5.71. The van der Waals surface area contributed by atoms with Crippen LogP contribution < -0.4 is 0 Å². The second kappa shape index (κ2) is 5.58. The van der Waals surface area contributed by atoms with Crippen molar-refractivity contribution in [3.63, 3.8) is 0 Å². The largest absolute Gasteiger partial charge is 0.508 e. The Morgan fingerprint density at radius 1 is 1.07 bits per heavy atom. The molecule has 0 aromatic heterocycles. The lowest BCUT2D eigenvalue weighted by Crippen LogP contribution is -2.24. The lowest BCUT2D eigenvalue weighted by atomic mass is 10.3. The molecule has 2 fully saturated rings. The Morgan fingerprint density at radius 3 is 2.00 bits per heavy atom. The summed E-state index contributed by atoms with van der Waals surface area (Å²) in [5.74, 6) is -0.0486. The van der Waals surface area contributed by atoms with Gasteiger partial charge >= 0.3 is 12.1 Å². The number of esters is 1. The van der Waals surface area contributed by atoms with Crippen LogP contribution in [0.3, 0.4) is 0 Å². The van der Waals surface area contributed by atoms with E-state index >= 15 is 0 Å². The van der Waals surface area contributed by atoms with E-state index in [1.54, 1.807) is 0 Å². The van der Waals surface area contributed by atoms with Gasteiger partial charge in [-0.1, -0.05) is 0 Å². The van der Waals surface area contributed by atoms with Crippen molar-refractivity contribution in [2.75, 3.05) is 6.61 Å². The van der Waals surface area contributed by atoms with E-state index in [9.17, 15) is 9.59 Å². The maximum absolute atomic E-state index is 10.2. The predicted molar refractivity (Wildman–Crippen MR) is 51.3 cm³/mol. The molecule has 5 nitrogen and oxygen atoms in total. The van der Waals surface area contributed by atoms with Crippen LogP contribution in [0.25, 0.3) is 0 Å². The Balaban J connectivity index is 0.000000151. The summed E-state index contributed by atoms with van der Waals surface area (Å²) >= 11 is 0. The van der Waals surface area contributed by atoms with Crippen LogP contribution in [0.1, 0.15) is 33.1 Å². The van der Waals surface area contributed by atoms with Crippen LogP contribution in [0.5, 0.6) is 0 Å². The van der Waals surface area contributed by atoms with Gasteiger partial charge in [-0.15, -0.1) is 0 Å². The molecule has 0 aromatic carbocycles. The predicted octanol–water partition coefficient (Wildman–Crippen LogP) is 1.64. The minimum atomic E-state index is -0.538. The van der Waals surface area contributed by atoms with Gasteiger partial charge in [-0.05, 0) is 20.3 Å². The van der Waals surface area contributed by atoms with Crippen molar-refractivity contribution in [1.29, 1.82) is 0 Å². The highest BCUT2D eigenvalue weighted by Gasteiger charge is 2.17. The number of carbonyl (C=O) groups excluding carboxylic acids is 2. The quantitative estimate of drug-likeness (QED) is 0.576. The summed E-state index contributed by atoms with van der Waals surface area (Å²) in [7, 11) is 0. The Morgan fingerprint density at radius 2 is 1.73 bits per heavy atom. The molecule has 2 atom stereocenters. The van der Waals surface area contributed by atoms with Crippen LogP contribution in [-0.4, -0.2) is 30.9 Å². The number of carbonyl (C=O) groups is 2. The van der Waals surface area contributed by atoms with E-state index < -0.39 is 6.16 Å². The molecule has 2 heterocycles. The molecule has 0 N–H and O–H groups in total. The van der Waals surface area contributed by atoms with Gasteiger partial charge in [-0.25, -0.2) is 4.79 Å². The molecule has 2 saturated heterocycles. The second-order valence-electron chi connectivity index (χ2n) is 3.65. The molecule has 0 radical (unpaired) electrons. The molecule has 86 valence electrons. The average molecular weight is 216 g/mol. The van der Waals surface area contributed by atoms with Crippen molar-refractivity contribution < 1.29 is 23.8 Å². The fourth-order valence-corrected chi connectivity index (χ4v) is 1.23. The van der Waals surface area contributed by atoms with Crippen molar-refractivity contribution >= 4 is 12.1 Å². The summed E-state index contributed by atoms with van der Waals surface area (Å²) in [5, 5.41) is 0. The smallest absolute Gasteiger partial charge is 0.463 e. The highest BCUT2D eigenvalue weighted by atomic mass is 16.7. The number of ether oxygens (including phenoxy) is 3. The number of hydrogen-bond acceptors (Lipinski definition) is 5. The molecule has 15 heavy (non-hydrogen) atoms. The SMILES string of the molecule is CC1CCC(=O)O1.CC1CCOC(=O)O1. The lowest BCUT2D eigenvalue weighted by molar-refractivity contribution is -0.140. The summed E-state index contributed by atoms with van der Waals surface area (Å²) < 4.78 is 13.8. The molecule has 0 amide bonds. The Labute approximate surface area is 88.7 Å². The topological polar surface area (TPSA) is 61.8 Å². The normalized spacial score (nSPS) is 29.5. The maximum atomic E-state index is 10.2. The summed E-state index contributed by atoms with van der Waals surface area (Å²) in [6, 6.07) is 0. The molecule has 0 spiro atoms. The first-order valence-corrected chi connectivity index (χ1v) is 5.11. The van der Waals surface area contributed by atoms with Gasteiger partial charge in [0, 0.05) is 12.8 Å². The number of cyclic esters (lactones) is 3. The molecule has 0 bridgehead atoms. The van der Waals surface area contributed by atoms with Crippen LogP contribution in [0.4, 0.5) is 4.79 Å². The Kier molecular flexibility index (Phi) is 4.39. The monoisotopic (exact) mass is 216 g/mol. The molecule has 5 heteroatoms. The highest BCUT2D eigenvalue weighted by Crippen LogP contribution is 2.11. The fraction of sp³-hybridized carbons (Fsp3) is 0.800. The zero-order valence-electron chi connectivity index (χ0n) is 9.02. The first kappa shape index (κ1) is 11.8. The lowest BCUT2D eigenvalue weighted by Gasteiger charge is -2.17. The molecular formula is C10H16O5. The standard InChI is InChI=1S/C5H8O3.C5H8O2/c1-4-2-3-7-5(6)8-4;1-4-2-3-5(6)7-4/h4H,2-3H2,1H3;4H,2-3H2,1H3. The van der Waals surface area contributed by atoms with E-state index in [0.717, 1.165) is 12.8 Å². The molecular weight excluding hydrogens is 200 g/mol. The summed E-state index contributed by atoms with van der Waals surface area (Å²) in [4.78, 5) is 20.5. The van der Waals surface area contributed by atoms with Crippen LogP contribution >= 0.6 is 0 Å². The van der Waals surface area contributed by atoms with E-state index in [1.165, 1.54) is 0 Å². The fourth-order valence-electron chi connectivity index (χ4n) is 1.23. The summed E-state index contributed by atoms with van der Waals surface area (Å²) in [6.45, 7) is 4.26. The minimum Gasteiger partial charge on any atom is -0.463 e. The Bertz CT molecular complexity index is 238. The molecule has 2 rings (SSSR count).